The fraction of sp³-hybridized carbons (Fsp3) is 0.344. The SMILES string of the molecule is COc1ccc(OC(=O)N[C@@H](Cc2ccccc2)[C@H](O)C(=O)N2CSC(C)(C)[C@H]2C(=O)NCc2ccccc2C)cc1. The van der Waals surface area contributed by atoms with Crippen molar-refractivity contribution in [3.63, 3.8) is 0 Å². The number of amides is 3. The standard InChI is InChI=1S/C32H37N3O6S/c1-21-10-8-9-13-23(21)19-33-29(37)28-32(2,3)42-20-35(28)30(38)27(36)26(18-22-11-6-5-7-12-22)34-31(39)41-25-16-14-24(40-4)15-17-25/h5-17,26-28,36H,18-20H2,1-4H3,(H,33,37)(H,34,39)/t26-,27-,28+/m0/s1. The van der Waals surface area contributed by atoms with E-state index in [1.54, 1.807) is 24.3 Å². The molecule has 42 heavy (non-hydrogen) atoms. The molecule has 1 fully saturated rings. The van der Waals surface area contributed by atoms with Crippen molar-refractivity contribution >= 4 is 29.7 Å². The number of benzene rings is 3. The molecule has 0 radical (unpaired) electrons. The number of nitrogens with zero attached hydrogens (tertiary/aromatic N) is 1. The topological polar surface area (TPSA) is 117 Å². The number of rotatable bonds is 10. The van der Waals surface area contributed by atoms with Crippen molar-refractivity contribution in [2.45, 2.75) is 56.7 Å². The van der Waals surface area contributed by atoms with Crippen LogP contribution in [0.15, 0.2) is 78.9 Å². The summed E-state index contributed by atoms with van der Waals surface area (Å²) in [6.07, 6.45) is -2.29. The smallest absolute Gasteiger partial charge is 0.412 e. The third-order valence-corrected chi connectivity index (χ3v) is 8.67. The summed E-state index contributed by atoms with van der Waals surface area (Å²) < 4.78 is 9.94. The van der Waals surface area contributed by atoms with Crippen LogP contribution in [0.3, 0.4) is 0 Å². The van der Waals surface area contributed by atoms with Gasteiger partial charge in [0.25, 0.3) is 5.91 Å². The molecule has 4 rings (SSSR count). The van der Waals surface area contributed by atoms with E-state index in [2.05, 4.69) is 10.6 Å². The molecule has 3 amide bonds. The molecule has 0 aromatic heterocycles. The number of aryl methyl sites for hydroxylation is 1. The number of hydrogen-bond donors (Lipinski definition) is 3. The zero-order valence-electron chi connectivity index (χ0n) is 24.2. The lowest BCUT2D eigenvalue weighted by Crippen LogP contribution is -2.58. The van der Waals surface area contributed by atoms with Crippen LogP contribution in [-0.4, -0.2) is 63.8 Å². The summed E-state index contributed by atoms with van der Waals surface area (Å²) in [5.41, 5.74) is 2.84. The van der Waals surface area contributed by atoms with Gasteiger partial charge in [-0.1, -0.05) is 54.6 Å². The van der Waals surface area contributed by atoms with Gasteiger partial charge in [0.1, 0.15) is 17.5 Å². The van der Waals surface area contributed by atoms with Crippen molar-refractivity contribution in [3.05, 3.63) is 95.6 Å². The molecule has 3 atom stereocenters. The van der Waals surface area contributed by atoms with Gasteiger partial charge in [-0.2, -0.15) is 0 Å². The number of carbonyl (C=O) groups is 3. The first-order valence-electron chi connectivity index (χ1n) is 13.7. The first-order chi connectivity index (χ1) is 20.1. The van der Waals surface area contributed by atoms with Gasteiger partial charge in [0.15, 0.2) is 6.10 Å². The number of carbonyl (C=O) groups excluding carboxylic acids is 3. The summed E-state index contributed by atoms with van der Waals surface area (Å²) in [5, 5.41) is 17.0. The van der Waals surface area contributed by atoms with E-state index in [1.807, 2.05) is 75.4 Å². The lowest BCUT2D eigenvalue weighted by atomic mass is 9.97. The van der Waals surface area contributed by atoms with E-state index < -0.39 is 34.9 Å². The van der Waals surface area contributed by atoms with E-state index in [1.165, 1.54) is 23.8 Å². The number of aliphatic hydroxyl groups is 1. The van der Waals surface area contributed by atoms with Crippen LogP contribution < -0.4 is 20.1 Å². The molecule has 10 heteroatoms. The van der Waals surface area contributed by atoms with Crippen LogP contribution in [0.1, 0.15) is 30.5 Å². The van der Waals surface area contributed by atoms with E-state index in [-0.39, 0.29) is 24.0 Å². The maximum atomic E-state index is 13.8. The third-order valence-electron chi connectivity index (χ3n) is 7.30. The van der Waals surface area contributed by atoms with Crippen LogP contribution in [0.25, 0.3) is 0 Å². The van der Waals surface area contributed by atoms with Gasteiger partial charge >= 0.3 is 6.09 Å². The summed E-state index contributed by atoms with van der Waals surface area (Å²) in [5.74, 6) is 0.153. The number of nitrogens with one attached hydrogen (secondary N) is 2. The van der Waals surface area contributed by atoms with Gasteiger partial charge in [-0.25, -0.2) is 4.79 Å². The molecule has 0 aliphatic carbocycles. The van der Waals surface area contributed by atoms with Crippen molar-refractivity contribution in [1.82, 2.24) is 15.5 Å². The van der Waals surface area contributed by atoms with Crippen LogP contribution >= 0.6 is 11.8 Å². The third kappa shape index (κ3) is 7.63. The van der Waals surface area contributed by atoms with Crippen LogP contribution in [-0.2, 0) is 22.6 Å². The quantitative estimate of drug-likeness (QED) is 0.326. The minimum absolute atomic E-state index is 0.167. The Labute approximate surface area is 250 Å². The van der Waals surface area contributed by atoms with Crippen LogP contribution in [0.4, 0.5) is 4.79 Å². The Morgan fingerprint density at radius 2 is 1.64 bits per heavy atom. The van der Waals surface area contributed by atoms with Crippen molar-refractivity contribution in [2.75, 3.05) is 13.0 Å². The Hall–Kier alpha value is -4.02. The first-order valence-corrected chi connectivity index (χ1v) is 14.7. The lowest BCUT2D eigenvalue weighted by molar-refractivity contribution is -0.147. The van der Waals surface area contributed by atoms with Gasteiger partial charge in [-0.05, 0) is 68.1 Å². The maximum absolute atomic E-state index is 13.8. The summed E-state index contributed by atoms with van der Waals surface area (Å²) in [6, 6.07) is 21.6. The van der Waals surface area contributed by atoms with Crippen molar-refractivity contribution in [2.24, 2.45) is 0 Å². The van der Waals surface area contributed by atoms with Crippen molar-refractivity contribution in [1.29, 1.82) is 0 Å². The van der Waals surface area contributed by atoms with E-state index in [0.717, 1.165) is 16.7 Å². The molecule has 9 nitrogen and oxygen atoms in total. The molecule has 3 aromatic carbocycles. The predicted molar refractivity (Wildman–Crippen MR) is 162 cm³/mol. The largest absolute Gasteiger partial charge is 0.497 e. The average Bonchev–Trinajstić information content (AvgIpc) is 3.31. The molecule has 222 valence electrons. The Morgan fingerprint density at radius 1 is 1.00 bits per heavy atom. The van der Waals surface area contributed by atoms with Crippen LogP contribution in [0, 0.1) is 6.92 Å². The first kappa shape index (κ1) is 30.9. The normalized spacial score (nSPS) is 17.2. The second-order valence-electron chi connectivity index (χ2n) is 10.7. The molecule has 0 bridgehead atoms. The Morgan fingerprint density at radius 3 is 2.31 bits per heavy atom. The van der Waals surface area contributed by atoms with Gasteiger partial charge < -0.3 is 30.1 Å². The molecule has 0 unspecified atom stereocenters. The number of hydrogen-bond acceptors (Lipinski definition) is 7. The minimum atomic E-state index is -1.63. The molecule has 1 aliphatic heterocycles. The number of thioether (sulfide) groups is 1. The molecule has 1 aliphatic rings. The van der Waals surface area contributed by atoms with Crippen molar-refractivity contribution in [3.8, 4) is 11.5 Å². The van der Waals surface area contributed by atoms with Crippen molar-refractivity contribution < 1.29 is 29.0 Å². The molecule has 0 spiro atoms. The number of ether oxygens (including phenoxy) is 2. The summed E-state index contributed by atoms with van der Waals surface area (Å²) in [7, 11) is 1.54. The molecule has 3 aromatic rings. The highest BCUT2D eigenvalue weighted by atomic mass is 32.2. The highest BCUT2D eigenvalue weighted by molar-refractivity contribution is 8.00. The van der Waals surface area contributed by atoms with Gasteiger partial charge in [-0.15, -0.1) is 11.8 Å². The zero-order valence-corrected chi connectivity index (χ0v) is 25.0. The minimum Gasteiger partial charge on any atom is -0.497 e. The van der Waals surface area contributed by atoms with Gasteiger partial charge in [0.05, 0.1) is 19.0 Å². The fourth-order valence-electron chi connectivity index (χ4n) is 4.88. The van der Waals surface area contributed by atoms with E-state index in [4.69, 9.17) is 9.47 Å². The van der Waals surface area contributed by atoms with Crippen LogP contribution in [0.2, 0.25) is 0 Å². The van der Waals surface area contributed by atoms with E-state index >= 15 is 0 Å². The molecular weight excluding hydrogens is 554 g/mol. The van der Waals surface area contributed by atoms with Gasteiger partial charge in [0, 0.05) is 11.3 Å². The molecular formula is C32H37N3O6S. The monoisotopic (exact) mass is 591 g/mol. The van der Waals surface area contributed by atoms with Crippen LogP contribution in [0.5, 0.6) is 11.5 Å². The lowest BCUT2D eigenvalue weighted by Gasteiger charge is -2.33. The second kappa shape index (κ2) is 13.8. The van der Waals surface area contributed by atoms with Gasteiger partial charge in [0.2, 0.25) is 5.91 Å². The molecule has 1 saturated heterocycles. The fourth-order valence-corrected chi connectivity index (χ4v) is 6.02. The summed E-state index contributed by atoms with van der Waals surface area (Å²) >= 11 is 1.46. The second-order valence-corrected chi connectivity index (χ2v) is 12.3. The van der Waals surface area contributed by atoms with Gasteiger partial charge in [-0.3, -0.25) is 9.59 Å². The highest BCUT2D eigenvalue weighted by Gasteiger charge is 2.49. The zero-order chi connectivity index (χ0) is 30.3. The number of aliphatic hydroxyl groups excluding tert-OH is 1. The van der Waals surface area contributed by atoms with E-state index in [9.17, 15) is 19.5 Å². The number of methoxy groups -OCH3 is 1. The maximum Gasteiger partial charge on any atom is 0.412 e. The summed E-state index contributed by atoms with van der Waals surface area (Å²) in [6.45, 7) is 6.10. The molecule has 0 saturated carbocycles. The Balaban J connectivity index is 1.50. The van der Waals surface area contributed by atoms with E-state index in [0.29, 0.717) is 12.3 Å². The molecule has 1 heterocycles. The Bertz CT molecular complexity index is 1380. The highest BCUT2D eigenvalue weighted by Crippen LogP contribution is 2.40. The average molecular weight is 592 g/mol. The molecule has 3 N–H and O–H groups in total. The predicted octanol–water partition coefficient (Wildman–Crippen LogP) is 4.06. The summed E-state index contributed by atoms with van der Waals surface area (Å²) in [4.78, 5) is 41.5. The Kier molecular flexibility index (Phi) is 10.1.